The van der Waals surface area contributed by atoms with Crippen LogP contribution in [0.25, 0.3) is 0 Å². The first-order valence-corrected chi connectivity index (χ1v) is 6.11. The Morgan fingerprint density at radius 3 is 2.47 bits per heavy atom. The molecule has 15 heavy (non-hydrogen) atoms. The Kier molecular flexibility index (Phi) is 4.87. The predicted octanol–water partition coefficient (Wildman–Crippen LogP) is 4.89. The summed E-state index contributed by atoms with van der Waals surface area (Å²) in [5, 5.41) is 0. The highest BCUT2D eigenvalue weighted by atomic mass is 14.3. The third kappa shape index (κ3) is 4.51. The zero-order valence-electron chi connectivity index (χ0n) is 10.4. The summed E-state index contributed by atoms with van der Waals surface area (Å²) in [5.74, 6) is 1.92. The van der Waals surface area contributed by atoms with Crippen molar-refractivity contribution in [3.8, 4) is 0 Å². The van der Waals surface area contributed by atoms with E-state index in [-0.39, 0.29) is 0 Å². The van der Waals surface area contributed by atoms with E-state index in [2.05, 4.69) is 45.6 Å². The molecule has 0 heteroatoms. The zero-order chi connectivity index (χ0) is 11.3. The van der Waals surface area contributed by atoms with E-state index in [0.717, 1.165) is 11.8 Å². The zero-order valence-corrected chi connectivity index (χ0v) is 10.4. The normalized spacial score (nSPS) is 25.0. The highest BCUT2D eigenvalue weighted by Crippen LogP contribution is 2.39. The molecule has 1 fully saturated rings. The number of hydrogen-bond acceptors (Lipinski definition) is 0. The molecule has 0 amide bonds. The third-order valence-corrected chi connectivity index (χ3v) is 3.22. The van der Waals surface area contributed by atoms with Crippen molar-refractivity contribution >= 4 is 0 Å². The van der Waals surface area contributed by atoms with Gasteiger partial charge in [-0.1, -0.05) is 49.3 Å². The van der Waals surface area contributed by atoms with Gasteiger partial charge in [0, 0.05) is 0 Å². The molecule has 0 aromatic heterocycles. The van der Waals surface area contributed by atoms with Crippen molar-refractivity contribution < 1.29 is 0 Å². The van der Waals surface area contributed by atoms with Crippen molar-refractivity contribution in [2.45, 2.75) is 46.5 Å². The van der Waals surface area contributed by atoms with Crippen LogP contribution in [0.5, 0.6) is 0 Å². The van der Waals surface area contributed by atoms with Crippen LogP contribution in [0.2, 0.25) is 0 Å². The third-order valence-electron chi connectivity index (χ3n) is 3.22. The van der Waals surface area contributed by atoms with Crippen molar-refractivity contribution in [3.05, 3.63) is 36.0 Å². The first kappa shape index (κ1) is 12.3. The fourth-order valence-corrected chi connectivity index (χ4v) is 2.19. The lowest BCUT2D eigenvalue weighted by atomic mass is 9.71. The summed E-state index contributed by atoms with van der Waals surface area (Å²) in [7, 11) is 0. The van der Waals surface area contributed by atoms with E-state index in [1.165, 1.54) is 36.8 Å². The van der Waals surface area contributed by atoms with Gasteiger partial charge >= 0.3 is 0 Å². The lowest BCUT2D eigenvalue weighted by Gasteiger charge is -2.34. The van der Waals surface area contributed by atoms with Gasteiger partial charge in [0.2, 0.25) is 0 Å². The Hall–Kier alpha value is -0.780. The molecule has 0 saturated heterocycles. The minimum absolute atomic E-state index is 0.916. The molecule has 0 spiro atoms. The first-order valence-electron chi connectivity index (χ1n) is 6.11. The average molecular weight is 204 g/mol. The van der Waals surface area contributed by atoms with E-state index < -0.39 is 0 Å². The lowest BCUT2D eigenvalue weighted by molar-refractivity contribution is 0.188. The fraction of sp³-hybridized carbons (Fsp3) is 0.600. The Morgan fingerprint density at radius 2 is 1.93 bits per heavy atom. The van der Waals surface area contributed by atoms with E-state index in [9.17, 15) is 0 Å². The Labute approximate surface area is 94.8 Å². The van der Waals surface area contributed by atoms with Crippen LogP contribution in [0.3, 0.4) is 0 Å². The minimum Gasteiger partial charge on any atom is -0.0958 e. The van der Waals surface area contributed by atoms with Gasteiger partial charge in [0.25, 0.3) is 0 Å². The van der Waals surface area contributed by atoms with Gasteiger partial charge in [-0.15, -0.1) is 0 Å². The smallest absolute Gasteiger partial charge is 0.0256 e. The molecule has 0 heterocycles. The molecular formula is C15H24. The summed E-state index contributed by atoms with van der Waals surface area (Å²) < 4.78 is 0. The van der Waals surface area contributed by atoms with Crippen molar-refractivity contribution in [1.82, 2.24) is 0 Å². The predicted molar refractivity (Wildman–Crippen MR) is 68.8 cm³/mol. The standard InChI is InChI=1S/C15H24/c1-5-14-10-15(11-14)9-13(4)8-6-7-12(2)3/h6-8,14-15H,4-5,9-11H2,1-3H3/b8-6-. The average Bonchev–Trinajstić information content (AvgIpc) is 2.09. The van der Waals surface area contributed by atoms with Crippen LogP contribution >= 0.6 is 0 Å². The molecular weight excluding hydrogens is 180 g/mol. The molecule has 0 unspecified atom stereocenters. The monoisotopic (exact) mass is 204 g/mol. The van der Waals surface area contributed by atoms with Gasteiger partial charge in [-0.25, -0.2) is 0 Å². The van der Waals surface area contributed by atoms with Gasteiger partial charge < -0.3 is 0 Å². The lowest BCUT2D eigenvalue weighted by Crippen LogP contribution is -2.22. The van der Waals surface area contributed by atoms with Gasteiger partial charge in [-0.3, -0.25) is 0 Å². The first-order chi connectivity index (χ1) is 7.11. The molecule has 0 bridgehead atoms. The molecule has 84 valence electrons. The summed E-state index contributed by atoms with van der Waals surface area (Å²) in [4.78, 5) is 0. The highest BCUT2D eigenvalue weighted by Gasteiger charge is 2.27. The largest absolute Gasteiger partial charge is 0.0958 e. The Morgan fingerprint density at radius 1 is 1.27 bits per heavy atom. The molecule has 0 aliphatic heterocycles. The van der Waals surface area contributed by atoms with Crippen LogP contribution in [0.4, 0.5) is 0 Å². The maximum Gasteiger partial charge on any atom is -0.0256 e. The second-order valence-electron chi connectivity index (χ2n) is 5.08. The molecule has 1 aliphatic rings. The minimum atomic E-state index is 0.916. The van der Waals surface area contributed by atoms with Gasteiger partial charge in [0.1, 0.15) is 0 Å². The van der Waals surface area contributed by atoms with E-state index in [1.807, 2.05) is 0 Å². The van der Waals surface area contributed by atoms with Crippen LogP contribution in [0.15, 0.2) is 36.0 Å². The van der Waals surface area contributed by atoms with Crippen LogP contribution < -0.4 is 0 Å². The van der Waals surface area contributed by atoms with E-state index in [4.69, 9.17) is 0 Å². The van der Waals surface area contributed by atoms with Crippen molar-refractivity contribution in [2.75, 3.05) is 0 Å². The fourth-order valence-electron chi connectivity index (χ4n) is 2.19. The van der Waals surface area contributed by atoms with Crippen LogP contribution in [-0.4, -0.2) is 0 Å². The summed E-state index contributed by atoms with van der Waals surface area (Å²) >= 11 is 0. The summed E-state index contributed by atoms with van der Waals surface area (Å²) in [6.45, 7) is 10.6. The van der Waals surface area contributed by atoms with E-state index in [1.54, 1.807) is 0 Å². The summed E-state index contributed by atoms with van der Waals surface area (Å²) in [6, 6.07) is 0. The molecule has 0 nitrogen and oxygen atoms in total. The van der Waals surface area contributed by atoms with Crippen molar-refractivity contribution in [1.29, 1.82) is 0 Å². The molecule has 1 saturated carbocycles. The second kappa shape index (κ2) is 5.95. The maximum atomic E-state index is 4.11. The molecule has 1 aliphatic carbocycles. The van der Waals surface area contributed by atoms with Crippen molar-refractivity contribution in [3.63, 3.8) is 0 Å². The van der Waals surface area contributed by atoms with Gasteiger partial charge in [0.15, 0.2) is 0 Å². The Balaban J connectivity index is 2.20. The molecule has 1 rings (SSSR count). The molecule has 0 aromatic carbocycles. The molecule has 0 radical (unpaired) electrons. The SMILES string of the molecule is C=C(/C=C\C=C(C)C)CC1CC(CC)C1. The highest BCUT2D eigenvalue weighted by molar-refractivity contribution is 5.21. The molecule has 0 atom stereocenters. The van der Waals surface area contributed by atoms with Gasteiger partial charge in [-0.2, -0.15) is 0 Å². The van der Waals surface area contributed by atoms with Gasteiger partial charge in [-0.05, 0) is 44.9 Å². The molecule has 0 aromatic rings. The molecule has 0 N–H and O–H groups in total. The topological polar surface area (TPSA) is 0 Å². The number of hydrogen-bond donors (Lipinski definition) is 0. The van der Waals surface area contributed by atoms with E-state index in [0.29, 0.717) is 0 Å². The quantitative estimate of drug-likeness (QED) is 0.559. The number of rotatable bonds is 5. The van der Waals surface area contributed by atoms with Gasteiger partial charge in [0.05, 0.1) is 0 Å². The number of allylic oxidation sites excluding steroid dienone is 5. The summed E-state index contributed by atoms with van der Waals surface area (Å²) in [6.07, 6.45) is 11.8. The maximum absolute atomic E-state index is 4.11. The van der Waals surface area contributed by atoms with E-state index >= 15 is 0 Å². The van der Waals surface area contributed by atoms with Crippen LogP contribution in [0, 0.1) is 11.8 Å². The second-order valence-corrected chi connectivity index (χ2v) is 5.08. The van der Waals surface area contributed by atoms with Crippen LogP contribution in [-0.2, 0) is 0 Å². The summed E-state index contributed by atoms with van der Waals surface area (Å²) in [5.41, 5.74) is 2.63. The Bertz CT molecular complexity index is 258. The van der Waals surface area contributed by atoms with Crippen LogP contribution in [0.1, 0.15) is 46.5 Å². The van der Waals surface area contributed by atoms with Crippen molar-refractivity contribution in [2.24, 2.45) is 11.8 Å².